The van der Waals surface area contributed by atoms with Crippen LogP contribution >= 0.6 is 11.6 Å². The molecule has 0 spiro atoms. The number of hydrogen-bond donors (Lipinski definition) is 1. The Bertz CT molecular complexity index is 1220. The summed E-state index contributed by atoms with van der Waals surface area (Å²) < 4.78 is 25.0. The maximum Gasteiger partial charge on any atom is 0.238 e. The lowest BCUT2D eigenvalue weighted by Crippen LogP contribution is -2.11. The van der Waals surface area contributed by atoms with E-state index < -0.39 is 10.0 Å². The van der Waals surface area contributed by atoms with E-state index in [1.807, 2.05) is 59.3 Å². The van der Waals surface area contributed by atoms with Crippen LogP contribution in [0.25, 0.3) is 28.1 Å². The second kappa shape index (κ2) is 7.24. The summed E-state index contributed by atoms with van der Waals surface area (Å²) in [7, 11) is -3.75. The predicted molar refractivity (Wildman–Crippen MR) is 111 cm³/mol. The van der Waals surface area contributed by atoms with E-state index in [2.05, 4.69) is 5.10 Å². The lowest BCUT2D eigenvalue weighted by molar-refractivity contribution is 0.598. The van der Waals surface area contributed by atoms with E-state index in [-0.39, 0.29) is 4.90 Å². The van der Waals surface area contributed by atoms with Gasteiger partial charge in [-0.2, -0.15) is 5.10 Å². The van der Waals surface area contributed by atoms with Crippen LogP contribution < -0.4 is 5.14 Å². The Morgan fingerprint density at radius 3 is 2.04 bits per heavy atom. The van der Waals surface area contributed by atoms with E-state index in [1.165, 1.54) is 12.1 Å². The quantitative estimate of drug-likeness (QED) is 0.538. The molecule has 0 bridgehead atoms. The number of para-hydroxylation sites is 1. The Labute approximate surface area is 168 Å². The highest BCUT2D eigenvalue weighted by Gasteiger charge is 2.17. The van der Waals surface area contributed by atoms with Gasteiger partial charge in [-0.3, -0.25) is 0 Å². The number of nitrogens with zero attached hydrogens (tertiary/aromatic N) is 2. The summed E-state index contributed by atoms with van der Waals surface area (Å²) in [6.45, 7) is 0. The Kier molecular flexibility index (Phi) is 4.77. The average Bonchev–Trinajstić information content (AvgIpc) is 3.14. The van der Waals surface area contributed by atoms with Crippen LogP contribution in [0.15, 0.2) is 90.0 Å². The molecule has 28 heavy (non-hydrogen) atoms. The van der Waals surface area contributed by atoms with Crippen molar-refractivity contribution in [1.29, 1.82) is 0 Å². The van der Waals surface area contributed by atoms with Crippen molar-refractivity contribution in [2.24, 2.45) is 5.14 Å². The van der Waals surface area contributed by atoms with E-state index in [4.69, 9.17) is 16.7 Å². The lowest BCUT2D eigenvalue weighted by atomic mass is 10.0. The maximum absolute atomic E-state index is 11.6. The summed E-state index contributed by atoms with van der Waals surface area (Å²) in [5.41, 5.74) is 4.42. The zero-order chi connectivity index (χ0) is 19.7. The van der Waals surface area contributed by atoms with E-state index in [1.54, 1.807) is 18.3 Å². The normalized spacial score (nSPS) is 11.5. The zero-order valence-electron chi connectivity index (χ0n) is 14.7. The van der Waals surface area contributed by atoms with Gasteiger partial charge in [-0.05, 0) is 42.0 Å². The van der Waals surface area contributed by atoms with Gasteiger partial charge in [0.15, 0.2) is 0 Å². The van der Waals surface area contributed by atoms with Crippen LogP contribution in [0.5, 0.6) is 0 Å². The Morgan fingerprint density at radius 2 is 1.43 bits per heavy atom. The van der Waals surface area contributed by atoms with Crippen LogP contribution in [0.2, 0.25) is 5.02 Å². The minimum absolute atomic E-state index is 0.0649. The molecule has 0 fully saturated rings. The molecule has 1 aromatic heterocycles. The fourth-order valence-electron chi connectivity index (χ4n) is 3.03. The van der Waals surface area contributed by atoms with Crippen molar-refractivity contribution in [3.8, 4) is 28.1 Å². The van der Waals surface area contributed by atoms with Crippen molar-refractivity contribution < 1.29 is 8.42 Å². The van der Waals surface area contributed by atoms with Crippen LogP contribution in [-0.2, 0) is 10.0 Å². The lowest BCUT2D eigenvalue weighted by Gasteiger charge is -2.11. The Hall–Kier alpha value is -2.93. The number of sulfonamides is 1. The molecule has 0 aliphatic rings. The smallest absolute Gasteiger partial charge is 0.232 e. The van der Waals surface area contributed by atoms with Gasteiger partial charge in [0.1, 0.15) is 0 Å². The molecule has 0 aliphatic heterocycles. The number of nitrogens with two attached hydrogens (primary N) is 1. The summed E-state index contributed by atoms with van der Waals surface area (Å²) >= 11 is 6.03. The van der Waals surface area contributed by atoms with E-state index >= 15 is 0 Å². The summed E-state index contributed by atoms with van der Waals surface area (Å²) in [5, 5.41) is 10.4. The Morgan fingerprint density at radius 1 is 0.821 bits per heavy atom. The molecule has 7 heteroatoms. The number of benzene rings is 3. The van der Waals surface area contributed by atoms with Crippen LogP contribution in [0.4, 0.5) is 0 Å². The molecule has 0 amide bonds. The largest absolute Gasteiger partial charge is 0.238 e. The van der Waals surface area contributed by atoms with Crippen LogP contribution in [0.3, 0.4) is 0 Å². The number of hydrogen-bond acceptors (Lipinski definition) is 3. The van der Waals surface area contributed by atoms with E-state index in [0.717, 1.165) is 28.1 Å². The zero-order valence-corrected chi connectivity index (χ0v) is 16.2. The molecular formula is C21H16ClN3O2S. The molecule has 0 unspecified atom stereocenters. The number of primary sulfonamides is 1. The third-order valence-electron chi connectivity index (χ3n) is 4.38. The highest BCUT2D eigenvalue weighted by atomic mass is 35.5. The molecule has 4 rings (SSSR count). The SMILES string of the molecule is NS(=O)(=O)c1ccc(-c2c(-c3ccc(Cl)cc3)cnn2-c2ccccc2)cc1. The van der Waals surface area contributed by atoms with Gasteiger partial charge in [-0.25, -0.2) is 18.2 Å². The average molecular weight is 410 g/mol. The van der Waals surface area contributed by atoms with Gasteiger partial charge in [0, 0.05) is 16.1 Å². The van der Waals surface area contributed by atoms with Crippen LogP contribution in [0, 0.1) is 0 Å². The molecule has 0 atom stereocenters. The van der Waals surface area contributed by atoms with Crippen molar-refractivity contribution in [2.45, 2.75) is 4.90 Å². The first-order valence-electron chi connectivity index (χ1n) is 8.46. The summed E-state index contributed by atoms with van der Waals surface area (Å²) in [4.78, 5) is 0.0649. The first-order chi connectivity index (χ1) is 13.4. The van der Waals surface area contributed by atoms with Gasteiger partial charge < -0.3 is 0 Å². The molecule has 0 radical (unpaired) electrons. The van der Waals surface area contributed by atoms with E-state index in [9.17, 15) is 8.42 Å². The van der Waals surface area contributed by atoms with Crippen molar-refractivity contribution >= 4 is 21.6 Å². The van der Waals surface area contributed by atoms with E-state index in [0.29, 0.717) is 5.02 Å². The molecule has 0 saturated carbocycles. The highest BCUT2D eigenvalue weighted by molar-refractivity contribution is 7.89. The molecular weight excluding hydrogens is 394 g/mol. The summed E-state index contributed by atoms with van der Waals surface area (Å²) in [6.07, 6.45) is 1.79. The maximum atomic E-state index is 11.6. The molecule has 2 N–H and O–H groups in total. The van der Waals surface area contributed by atoms with Gasteiger partial charge in [-0.15, -0.1) is 0 Å². The van der Waals surface area contributed by atoms with Gasteiger partial charge >= 0.3 is 0 Å². The standard InChI is InChI=1S/C21H16ClN3O2S/c22-17-10-6-15(7-11-17)20-14-24-25(18-4-2-1-3-5-18)21(20)16-8-12-19(13-9-16)28(23,26)27/h1-14H,(H2,23,26,27). The first-order valence-corrected chi connectivity index (χ1v) is 10.4. The number of rotatable bonds is 4. The monoisotopic (exact) mass is 409 g/mol. The minimum atomic E-state index is -3.75. The minimum Gasteiger partial charge on any atom is -0.232 e. The van der Waals surface area contributed by atoms with Crippen molar-refractivity contribution in [3.63, 3.8) is 0 Å². The second-order valence-electron chi connectivity index (χ2n) is 6.23. The Balaban J connectivity index is 1.92. The van der Waals surface area contributed by atoms with Gasteiger partial charge in [0.2, 0.25) is 10.0 Å². The fourth-order valence-corrected chi connectivity index (χ4v) is 3.68. The summed E-state index contributed by atoms with van der Waals surface area (Å²) in [6, 6.07) is 23.7. The third kappa shape index (κ3) is 3.57. The topological polar surface area (TPSA) is 78.0 Å². The van der Waals surface area contributed by atoms with Gasteiger partial charge in [0.05, 0.1) is 22.5 Å². The molecule has 3 aromatic carbocycles. The molecule has 0 aliphatic carbocycles. The molecule has 0 saturated heterocycles. The van der Waals surface area contributed by atoms with Crippen LogP contribution in [0.1, 0.15) is 0 Å². The fraction of sp³-hybridized carbons (Fsp3) is 0. The molecule has 140 valence electrons. The highest BCUT2D eigenvalue weighted by Crippen LogP contribution is 2.34. The summed E-state index contributed by atoms with van der Waals surface area (Å²) in [5.74, 6) is 0. The molecule has 4 aromatic rings. The van der Waals surface area contributed by atoms with Gasteiger partial charge in [-0.1, -0.05) is 54.1 Å². The first kappa shape index (κ1) is 18.4. The van der Waals surface area contributed by atoms with Crippen molar-refractivity contribution in [3.05, 3.63) is 90.1 Å². The predicted octanol–water partition coefficient (Wildman–Crippen LogP) is 4.51. The number of aromatic nitrogens is 2. The number of halogens is 1. The second-order valence-corrected chi connectivity index (χ2v) is 8.23. The molecule has 1 heterocycles. The van der Waals surface area contributed by atoms with Crippen LogP contribution in [-0.4, -0.2) is 18.2 Å². The van der Waals surface area contributed by atoms with Crippen molar-refractivity contribution in [1.82, 2.24) is 9.78 Å². The van der Waals surface area contributed by atoms with Gasteiger partial charge in [0.25, 0.3) is 0 Å². The van der Waals surface area contributed by atoms with Crippen molar-refractivity contribution in [2.75, 3.05) is 0 Å². The molecule has 5 nitrogen and oxygen atoms in total. The third-order valence-corrected chi connectivity index (χ3v) is 5.56.